The summed E-state index contributed by atoms with van der Waals surface area (Å²) in [5.74, 6) is 0.0105. The maximum Gasteiger partial charge on any atom is 0.227 e. The van der Waals surface area contributed by atoms with E-state index in [0.29, 0.717) is 6.54 Å². The molecular formula is C18H19NO2. The predicted molar refractivity (Wildman–Crippen MR) is 84.0 cm³/mol. The highest BCUT2D eigenvalue weighted by molar-refractivity contribution is 5.95. The Bertz CT molecular complexity index is 593. The summed E-state index contributed by atoms with van der Waals surface area (Å²) in [7, 11) is 0. The molecule has 0 bridgehead atoms. The van der Waals surface area contributed by atoms with Crippen LogP contribution in [0.3, 0.4) is 0 Å². The summed E-state index contributed by atoms with van der Waals surface area (Å²) in [5.41, 5.74) is 1.92. The topological polar surface area (TPSA) is 37.4 Å². The van der Waals surface area contributed by atoms with Crippen LogP contribution in [-0.2, 0) is 16.1 Å². The van der Waals surface area contributed by atoms with Crippen LogP contribution in [0.1, 0.15) is 25.3 Å². The standard InChI is InChI=1S/C18H19NO2/c1-15(20)12-13-18(21)19(17-10-6-3-7-11-17)14-16-8-4-2-5-9-16/h2-11H,12-14H2,1H3. The third-order valence-corrected chi connectivity index (χ3v) is 3.24. The van der Waals surface area contributed by atoms with Crippen molar-refractivity contribution in [2.75, 3.05) is 4.90 Å². The molecule has 0 saturated heterocycles. The molecule has 2 rings (SSSR count). The molecule has 0 aliphatic carbocycles. The lowest BCUT2D eigenvalue weighted by Gasteiger charge is -2.23. The minimum atomic E-state index is -0.0275. The zero-order valence-electron chi connectivity index (χ0n) is 12.2. The highest BCUT2D eigenvalue weighted by Gasteiger charge is 2.16. The number of carbonyl (C=O) groups excluding carboxylic acids is 2. The van der Waals surface area contributed by atoms with Gasteiger partial charge in [-0.1, -0.05) is 48.5 Å². The molecule has 0 fully saturated rings. The van der Waals surface area contributed by atoms with E-state index in [1.165, 1.54) is 6.92 Å². The van der Waals surface area contributed by atoms with Gasteiger partial charge in [-0.3, -0.25) is 4.79 Å². The van der Waals surface area contributed by atoms with E-state index < -0.39 is 0 Å². The largest absolute Gasteiger partial charge is 0.308 e. The fourth-order valence-electron chi connectivity index (χ4n) is 2.12. The van der Waals surface area contributed by atoms with Gasteiger partial charge in [0.05, 0.1) is 6.54 Å². The van der Waals surface area contributed by atoms with E-state index in [1.54, 1.807) is 4.90 Å². The number of carbonyl (C=O) groups is 2. The summed E-state index contributed by atoms with van der Waals surface area (Å²) >= 11 is 0. The van der Waals surface area contributed by atoms with Crippen LogP contribution >= 0.6 is 0 Å². The lowest BCUT2D eigenvalue weighted by molar-refractivity contribution is -0.123. The van der Waals surface area contributed by atoms with Gasteiger partial charge in [0, 0.05) is 18.5 Å². The van der Waals surface area contributed by atoms with Crippen molar-refractivity contribution in [2.24, 2.45) is 0 Å². The summed E-state index contributed by atoms with van der Waals surface area (Å²) in [6, 6.07) is 19.4. The molecule has 0 N–H and O–H groups in total. The van der Waals surface area contributed by atoms with Crippen molar-refractivity contribution in [3.8, 4) is 0 Å². The zero-order chi connectivity index (χ0) is 15.1. The Hall–Kier alpha value is -2.42. The Balaban J connectivity index is 2.18. The quantitative estimate of drug-likeness (QED) is 0.811. The van der Waals surface area contributed by atoms with Crippen LogP contribution in [0.25, 0.3) is 0 Å². The number of anilines is 1. The first-order chi connectivity index (χ1) is 10.2. The van der Waals surface area contributed by atoms with Crippen LogP contribution < -0.4 is 4.90 Å². The van der Waals surface area contributed by atoms with Gasteiger partial charge in [-0.15, -0.1) is 0 Å². The molecule has 0 heterocycles. The van der Waals surface area contributed by atoms with Crippen LogP contribution in [0.15, 0.2) is 60.7 Å². The molecule has 0 atom stereocenters. The number of ketones is 1. The molecule has 2 aromatic carbocycles. The second kappa shape index (κ2) is 7.39. The van der Waals surface area contributed by atoms with Crippen LogP contribution in [0.2, 0.25) is 0 Å². The van der Waals surface area contributed by atoms with E-state index in [9.17, 15) is 9.59 Å². The Morgan fingerprint density at radius 1 is 0.857 bits per heavy atom. The molecule has 3 heteroatoms. The number of hydrogen-bond donors (Lipinski definition) is 0. The van der Waals surface area contributed by atoms with Crippen LogP contribution in [0.4, 0.5) is 5.69 Å². The molecule has 0 spiro atoms. The van der Waals surface area contributed by atoms with E-state index in [0.717, 1.165) is 11.3 Å². The van der Waals surface area contributed by atoms with Crippen molar-refractivity contribution in [2.45, 2.75) is 26.3 Å². The Kier molecular flexibility index (Phi) is 5.27. The third kappa shape index (κ3) is 4.56. The molecule has 0 saturated carbocycles. The van der Waals surface area contributed by atoms with E-state index in [-0.39, 0.29) is 24.5 Å². The van der Waals surface area contributed by atoms with Gasteiger partial charge in [-0.25, -0.2) is 0 Å². The number of benzene rings is 2. The van der Waals surface area contributed by atoms with Crippen molar-refractivity contribution in [1.29, 1.82) is 0 Å². The van der Waals surface area contributed by atoms with E-state index >= 15 is 0 Å². The minimum absolute atomic E-state index is 0.0275. The predicted octanol–water partition coefficient (Wildman–Crippen LogP) is 3.59. The summed E-state index contributed by atoms with van der Waals surface area (Å²) in [4.78, 5) is 25.3. The Morgan fingerprint density at radius 2 is 1.43 bits per heavy atom. The summed E-state index contributed by atoms with van der Waals surface area (Å²) < 4.78 is 0. The lowest BCUT2D eigenvalue weighted by atomic mass is 10.1. The first-order valence-electron chi connectivity index (χ1n) is 7.05. The van der Waals surface area contributed by atoms with Crippen molar-refractivity contribution in [3.05, 3.63) is 66.2 Å². The molecule has 0 aromatic heterocycles. The monoisotopic (exact) mass is 281 g/mol. The first kappa shape index (κ1) is 15.0. The maximum atomic E-state index is 12.4. The van der Waals surface area contributed by atoms with Crippen LogP contribution in [0, 0.1) is 0 Å². The van der Waals surface area contributed by atoms with Gasteiger partial charge in [0.15, 0.2) is 0 Å². The van der Waals surface area contributed by atoms with Crippen LogP contribution in [0.5, 0.6) is 0 Å². The van der Waals surface area contributed by atoms with Gasteiger partial charge in [-0.05, 0) is 24.6 Å². The molecule has 1 amide bonds. The number of amides is 1. The lowest BCUT2D eigenvalue weighted by Crippen LogP contribution is -2.30. The van der Waals surface area contributed by atoms with Crippen molar-refractivity contribution >= 4 is 17.4 Å². The molecular weight excluding hydrogens is 262 g/mol. The second-order valence-corrected chi connectivity index (χ2v) is 5.00. The molecule has 2 aromatic rings. The van der Waals surface area contributed by atoms with E-state index in [2.05, 4.69) is 0 Å². The molecule has 0 aliphatic heterocycles. The summed E-state index contributed by atoms with van der Waals surface area (Å²) in [6.07, 6.45) is 0.536. The average Bonchev–Trinajstić information content (AvgIpc) is 2.52. The maximum absolute atomic E-state index is 12.4. The van der Waals surface area contributed by atoms with Gasteiger partial charge in [0.2, 0.25) is 5.91 Å². The first-order valence-corrected chi connectivity index (χ1v) is 7.05. The molecule has 0 unspecified atom stereocenters. The van der Waals surface area contributed by atoms with Crippen molar-refractivity contribution < 1.29 is 9.59 Å². The number of hydrogen-bond acceptors (Lipinski definition) is 2. The van der Waals surface area contributed by atoms with Gasteiger partial charge in [-0.2, -0.15) is 0 Å². The van der Waals surface area contributed by atoms with Gasteiger partial charge < -0.3 is 9.69 Å². The van der Waals surface area contributed by atoms with Crippen molar-refractivity contribution in [1.82, 2.24) is 0 Å². The van der Waals surface area contributed by atoms with Gasteiger partial charge in [0.25, 0.3) is 0 Å². The SMILES string of the molecule is CC(=O)CCC(=O)N(Cc1ccccc1)c1ccccc1. The smallest absolute Gasteiger partial charge is 0.227 e. The fourth-order valence-corrected chi connectivity index (χ4v) is 2.12. The average molecular weight is 281 g/mol. The zero-order valence-corrected chi connectivity index (χ0v) is 12.2. The molecule has 3 nitrogen and oxygen atoms in total. The van der Waals surface area contributed by atoms with Gasteiger partial charge in [0.1, 0.15) is 5.78 Å². The summed E-state index contributed by atoms with van der Waals surface area (Å²) in [5, 5.41) is 0. The van der Waals surface area contributed by atoms with E-state index in [1.807, 2.05) is 60.7 Å². The minimum Gasteiger partial charge on any atom is -0.308 e. The highest BCUT2D eigenvalue weighted by Crippen LogP contribution is 2.18. The number of rotatable bonds is 6. The molecule has 0 aliphatic rings. The van der Waals surface area contributed by atoms with Gasteiger partial charge >= 0.3 is 0 Å². The van der Waals surface area contributed by atoms with E-state index in [4.69, 9.17) is 0 Å². The highest BCUT2D eigenvalue weighted by atomic mass is 16.2. The molecule has 108 valence electrons. The number of nitrogens with zero attached hydrogens (tertiary/aromatic N) is 1. The van der Waals surface area contributed by atoms with Crippen molar-refractivity contribution in [3.63, 3.8) is 0 Å². The Labute approximate surface area is 125 Å². The number of para-hydroxylation sites is 1. The molecule has 21 heavy (non-hydrogen) atoms. The van der Waals surface area contributed by atoms with Crippen LogP contribution in [-0.4, -0.2) is 11.7 Å². The fraction of sp³-hybridized carbons (Fsp3) is 0.222. The molecule has 0 radical (unpaired) electrons. The second-order valence-electron chi connectivity index (χ2n) is 5.00. The summed E-state index contributed by atoms with van der Waals surface area (Å²) in [6.45, 7) is 2.03. The Morgan fingerprint density at radius 3 is 2.00 bits per heavy atom. The number of Topliss-reactive ketones (excluding diaryl/α,β-unsaturated/α-hetero) is 1. The normalized spacial score (nSPS) is 10.1. The third-order valence-electron chi connectivity index (χ3n) is 3.24.